The minimum Gasteiger partial charge on any atom is -0.508 e. The van der Waals surface area contributed by atoms with Crippen molar-refractivity contribution in [2.75, 3.05) is 0 Å². The Labute approximate surface area is 181 Å². The maximum Gasteiger partial charge on any atom is 0.193 e. The van der Waals surface area contributed by atoms with Crippen molar-refractivity contribution in [3.05, 3.63) is 76.4 Å². The van der Waals surface area contributed by atoms with Crippen LogP contribution in [0.4, 0.5) is 0 Å². The highest BCUT2D eigenvalue weighted by Gasteiger charge is 2.24. The van der Waals surface area contributed by atoms with E-state index in [1.165, 1.54) is 24.3 Å². The standard InChI is InChI=1S/C25H26O6/c1-15(2)5-4-6-16(3)13-20(28)24-22(30)14-21(29)23(25(24)31)19(27)12-9-17-7-10-18(26)11-8-17/h5,7-14,26,29-31H,4,6H2,1-3H3/b12-9?,16-13+. The van der Waals surface area contributed by atoms with E-state index in [0.29, 0.717) is 12.0 Å². The van der Waals surface area contributed by atoms with E-state index in [4.69, 9.17) is 0 Å². The summed E-state index contributed by atoms with van der Waals surface area (Å²) in [4.78, 5) is 25.2. The molecule has 0 aliphatic rings. The lowest BCUT2D eigenvalue weighted by atomic mass is 9.97. The maximum atomic E-state index is 12.6. The van der Waals surface area contributed by atoms with Gasteiger partial charge in [-0.15, -0.1) is 0 Å². The van der Waals surface area contributed by atoms with Crippen LogP contribution >= 0.6 is 0 Å². The van der Waals surface area contributed by atoms with Crippen LogP contribution in [0.1, 0.15) is 59.9 Å². The molecular weight excluding hydrogens is 396 g/mol. The Balaban J connectivity index is 2.33. The lowest BCUT2D eigenvalue weighted by Crippen LogP contribution is -2.03. The van der Waals surface area contributed by atoms with E-state index < -0.39 is 39.9 Å². The first kappa shape index (κ1) is 23.5. The van der Waals surface area contributed by atoms with E-state index in [1.807, 2.05) is 19.9 Å². The third kappa shape index (κ3) is 6.34. The van der Waals surface area contributed by atoms with Crippen molar-refractivity contribution < 1.29 is 30.0 Å². The Kier molecular flexibility index (Phi) is 7.80. The van der Waals surface area contributed by atoms with Crippen LogP contribution in [0.15, 0.2) is 59.7 Å². The fraction of sp³-hybridized carbons (Fsp3) is 0.200. The number of benzene rings is 2. The molecule has 0 aliphatic heterocycles. The average Bonchev–Trinajstić information content (AvgIpc) is 2.66. The molecule has 0 radical (unpaired) electrons. The van der Waals surface area contributed by atoms with Gasteiger partial charge in [-0.2, -0.15) is 0 Å². The average molecular weight is 422 g/mol. The van der Waals surface area contributed by atoms with Gasteiger partial charge < -0.3 is 20.4 Å². The van der Waals surface area contributed by atoms with E-state index in [-0.39, 0.29) is 5.75 Å². The second-order valence-corrected chi connectivity index (χ2v) is 7.48. The molecule has 0 fully saturated rings. The van der Waals surface area contributed by atoms with Crippen molar-refractivity contribution in [1.29, 1.82) is 0 Å². The normalized spacial score (nSPS) is 11.5. The zero-order valence-corrected chi connectivity index (χ0v) is 17.7. The number of carbonyl (C=O) groups is 2. The van der Waals surface area contributed by atoms with Crippen LogP contribution in [0.5, 0.6) is 23.0 Å². The van der Waals surface area contributed by atoms with E-state index in [2.05, 4.69) is 0 Å². The predicted molar refractivity (Wildman–Crippen MR) is 120 cm³/mol. The third-order valence-corrected chi connectivity index (χ3v) is 4.54. The van der Waals surface area contributed by atoms with Crippen LogP contribution in [-0.4, -0.2) is 32.0 Å². The second-order valence-electron chi connectivity index (χ2n) is 7.48. The molecule has 0 aliphatic carbocycles. The third-order valence-electron chi connectivity index (χ3n) is 4.54. The lowest BCUT2D eigenvalue weighted by Gasteiger charge is -2.10. The Morgan fingerprint density at radius 3 is 2.03 bits per heavy atom. The summed E-state index contributed by atoms with van der Waals surface area (Å²) in [6.07, 6.45) is 7.25. The predicted octanol–water partition coefficient (Wildman–Crippen LogP) is 5.28. The van der Waals surface area contributed by atoms with E-state index in [0.717, 1.165) is 29.7 Å². The summed E-state index contributed by atoms with van der Waals surface area (Å²) in [7, 11) is 0. The van der Waals surface area contributed by atoms with Crippen LogP contribution in [0.25, 0.3) is 6.08 Å². The van der Waals surface area contributed by atoms with Gasteiger partial charge in [0, 0.05) is 6.07 Å². The number of rotatable bonds is 8. The minimum atomic E-state index is -0.781. The van der Waals surface area contributed by atoms with E-state index in [9.17, 15) is 30.0 Å². The largest absolute Gasteiger partial charge is 0.508 e. The summed E-state index contributed by atoms with van der Waals surface area (Å²) in [5.74, 6) is -3.38. The number of carbonyl (C=O) groups excluding carboxylic acids is 2. The molecule has 0 unspecified atom stereocenters. The number of ketones is 2. The highest BCUT2D eigenvalue weighted by molar-refractivity contribution is 6.16. The van der Waals surface area contributed by atoms with Gasteiger partial charge in [0.2, 0.25) is 0 Å². The number of hydrogen-bond acceptors (Lipinski definition) is 6. The molecular formula is C25H26O6. The molecule has 0 spiro atoms. The number of aromatic hydroxyl groups is 4. The van der Waals surface area contributed by atoms with Crippen LogP contribution < -0.4 is 0 Å². The van der Waals surface area contributed by atoms with Crippen molar-refractivity contribution >= 4 is 17.6 Å². The van der Waals surface area contributed by atoms with Gasteiger partial charge in [-0.3, -0.25) is 9.59 Å². The van der Waals surface area contributed by atoms with Crippen LogP contribution in [0, 0.1) is 0 Å². The van der Waals surface area contributed by atoms with Gasteiger partial charge in [-0.1, -0.05) is 35.4 Å². The summed E-state index contributed by atoms with van der Waals surface area (Å²) in [6, 6.07) is 6.91. The molecule has 2 aromatic carbocycles. The molecule has 2 aromatic rings. The summed E-state index contributed by atoms with van der Waals surface area (Å²) in [6.45, 7) is 5.72. The summed E-state index contributed by atoms with van der Waals surface area (Å²) in [5.41, 5.74) is 1.59. The molecule has 0 amide bonds. The van der Waals surface area contributed by atoms with Crippen molar-refractivity contribution in [3.63, 3.8) is 0 Å². The molecule has 0 saturated carbocycles. The van der Waals surface area contributed by atoms with Crippen molar-refractivity contribution in [3.8, 4) is 23.0 Å². The van der Waals surface area contributed by atoms with E-state index >= 15 is 0 Å². The fourth-order valence-electron chi connectivity index (χ4n) is 2.92. The quantitative estimate of drug-likeness (QED) is 0.261. The molecule has 0 saturated heterocycles. The number of phenols is 4. The molecule has 6 nitrogen and oxygen atoms in total. The van der Waals surface area contributed by atoms with Gasteiger partial charge in [0.15, 0.2) is 11.6 Å². The zero-order chi connectivity index (χ0) is 23.1. The van der Waals surface area contributed by atoms with Gasteiger partial charge in [-0.25, -0.2) is 0 Å². The molecule has 2 rings (SSSR count). The topological polar surface area (TPSA) is 115 Å². The zero-order valence-electron chi connectivity index (χ0n) is 17.7. The monoisotopic (exact) mass is 422 g/mol. The highest BCUT2D eigenvalue weighted by atomic mass is 16.3. The molecule has 0 bridgehead atoms. The van der Waals surface area contributed by atoms with Crippen molar-refractivity contribution in [2.24, 2.45) is 0 Å². The first-order valence-electron chi connectivity index (χ1n) is 9.74. The summed E-state index contributed by atoms with van der Waals surface area (Å²) in [5, 5.41) is 40.0. The first-order valence-corrected chi connectivity index (χ1v) is 9.74. The number of hydrogen-bond donors (Lipinski definition) is 4. The van der Waals surface area contributed by atoms with Gasteiger partial charge >= 0.3 is 0 Å². The first-order chi connectivity index (χ1) is 14.6. The molecule has 0 aromatic heterocycles. The number of allylic oxidation sites excluding steroid dienone is 5. The van der Waals surface area contributed by atoms with Crippen molar-refractivity contribution in [1.82, 2.24) is 0 Å². The summed E-state index contributed by atoms with van der Waals surface area (Å²) < 4.78 is 0. The molecule has 0 heterocycles. The molecule has 31 heavy (non-hydrogen) atoms. The smallest absolute Gasteiger partial charge is 0.193 e. The Hall–Kier alpha value is -3.80. The minimum absolute atomic E-state index is 0.0738. The van der Waals surface area contributed by atoms with Crippen molar-refractivity contribution in [2.45, 2.75) is 33.6 Å². The van der Waals surface area contributed by atoms with Crippen LogP contribution in [0.2, 0.25) is 0 Å². The molecule has 4 N–H and O–H groups in total. The fourth-order valence-corrected chi connectivity index (χ4v) is 2.92. The maximum absolute atomic E-state index is 12.6. The van der Waals surface area contributed by atoms with Crippen LogP contribution in [0.3, 0.4) is 0 Å². The Morgan fingerprint density at radius 2 is 1.45 bits per heavy atom. The molecule has 162 valence electrons. The summed E-state index contributed by atoms with van der Waals surface area (Å²) >= 11 is 0. The molecule has 6 heteroatoms. The van der Waals surface area contributed by atoms with E-state index in [1.54, 1.807) is 19.1 Å². The Morgan fingerprint density at radius 1 is 0.871 bits per heavy atom. The van der Waals surface area contributed by atoms with Gasteiger partial charge in [-0.05, 0) is 63.5 Å². The van der Waals surface area contributed by atoms with Crippen LogP contribution in [-0.2, 0) is 0 Å². The van der Waals surface area contributed by atoms with Gasteiger partial charge in [0.05, 0.1) is 0 Å². The Bertz CT molecular complexity index is 1070. The lowest BCUT2D eigenvalue weighted by molar-refractivity contribution is 0.104. The molecule has 0 atom stereocenters. The van der Waals surface area contributed by atoms with Gasteiger partial charge in [0.1, 0.15) is 34.1 Å². The second kappa shape index (κ2) is 10.3. The van der Waals surface area contributed by atoms with Gasteiger partial charge in [0.25, 0.3) is 0 Å². The number of phenolic OH excluding ortho intramolecular Hbond substituents is 4. The SMILES string of the molecule is CC(C)=CCC/C(C)=C/C(=O)c1c(O)cc(O)c(C(=O)C=Cc2ccc(O)cc2)c1O. The highest BCUT2D eigenvalue weighted by Crippen LogP contribution is 2.38.